The molecule has 1 unspecified atom stereocenters. The highest BCUT2D eigenvalue weighted by molar-refractivity contribution is 6.34. The molecule has 0 saturated carbocycles. The summed E-state index contributed by atoms with van der Waals surface area (Å²) >= 11 is 11.6. The normalized spacial score (nSPS) is 12.2. The predicted octanol–water partition coefficient (Wildman–Crippen LogP) is 1.52. The van der Waals surface area contributed by atoms with Gasteiger partial charge in [0.25, 0.3) is 5.91 Å². The number of nitrogens with zero attached hydrogens (tertiary/aromatic N) is 1. The Morgan fingerprint density at radius 2 is 2.28 bits per heavy atom. The number of pyridine rings is 1. The van der Waals surface area contributed by atoms with Crippen LogP contribution in [0, 0.1) is 0 Å². The maximum Gasteiger partial charge on any atom is 0.271 e. The maximum absolute atomic E-state index is 11.9. The van der Waals surface area contributed by atoms with E-state index < -0.39 is 5.91 Å². The molecule has 1 heterocycles. The van der Waals surface area contributed by atoms with Crippen molar-refractivity contribution < 1.29 is 14.6 Å². The molecule has 0 aliphatic heterocycles. The van der Waals surface area contributed by atoms with Crippen LogP contribution in [-0.2, 0) is 4.74 Å². The number of carbonyl (C=O) groups excluding carboxylic acids is 1. The molecule has 1 atom stereocenters. The van der Waals surface area contributed by atoms with Crippen LogP contribution in [0.5, 0.6) is 0 Å². The van der Waals surface area contributed by atoms with Gasteiger partial charge in [0.1, 0.15) is 10.8 Å². The molecule has 5 nitrogen and oxygen atoms in total. The zero-order chi connectivity index (χ0) is 13.5. The molecule has 0 aromatic carbocycles. The summed E-state index contributed by atoms with van der Waals surface area (Å²) in [6.07, 6.45) is 0.387. The highest BCUT2D eigenvalue weighted by Gasteiger charge is 2.17. The fraction of sp³-hybridized carbons (Fsp3) is 0.455. The van der Waals surface area contributed by atoms with Crippen LogP contribution in [-0.4, -0.2) is 42.4 Å². The standard InChI is InChI=1S/C11H14Cl2N2O3/c1-18-6-7(4-5-16)14-11(17)10-8(12)2-3-9(13)15-10/h2-3,7,16H,4-6H2,1H3,(H,14,17). The fourth-order valence-electron chi connectivity index (χ4n) is 1.39. The molecule has 2 N–H and O–H groups in total. The molecule has 7 heteroatoms. The van der Waals surface area contributed by atoms with Gasteiger partial charge in [-0.2, -0.15) is 0 Å². The average Bonchev–Trinajstić information content (AvgIpc) is 2.33. The number of hydrogen-bond donors (Lipinski definition) is 2. The Kier molecular flexibility index (Phi) is 6.35. The summed E-state index contributed by atoms with van der Waals surface area (Å²) in [6.45, 7) is 0.246. The van der Waals surface area contributed by atoms with E-state index in [1.165, 1.54) is 19.2 Å². The first-order chi connectivity index (χ1) is 8.58. The molecule has 0 aliphatic rings. The summed E-state index contributed by atoms with van der Waals surface area (Å²) in [5, 5.41) is 12.0. The number of amides is 1. The third-order valence-electron chi connectivity index (χ3n) is 2.21. The van der Waals surface area contributed by atoms with E-state index in [0.717, 1.165) is 0 Å². The zero-order valence-corrected chi connectivity index (χ0v) is 11.3. The van der Waals surface area contributed by atoms with Crippen molar-refractivity contribution in [2.45, 2.75) is 12.5 Å². The highest BCUT2D eigenvalue weighted by Crippen LogP contribution is 2.16. The Bertz CT molecular complexity index is 409. The van der Waals surface area contributed by atoms with Gasteiger partial charge in [0.15, 0.2) is 0 Å². The van der Waals surface area contributed by atoms with Crippen LogP contribution in [0.25, 0.3) is 0 Å². The molecule has 0 bridgehead atoms. The number of carbonyl (C=O) groups is 1. The lowest BCUT2D eigenvalue weighted by Crippen LogP contribution is -2.39. The van der Waals surface area contributed by atoms with Crippen LogP contribution in [0.1, 0.15) is 16.9 Å². The Labute approximate surface area is 115 Å². The summed E-state index contributed by atoms with van der Waals surface area (Å²) in [7, 11) is 1.52. The first kappa shape index (κ1) is 15.2. The number of methoxy groups -OCH3 is 1. The molecule has 0 radical (unpaired) electrons. The first-order valence-electron chi connectivity index (χ1n) is 5.31. The lowest BCUT2D eigenvalue weighted by Gasteiger charge is -2.16. The van der Waals surface area contributed by atoms with Gasteiger partial charge < -0.3 is 15.2 Å². The van der Waals surface area contributed by atoms with Gasteiger partial charge in [0, 0.05) is 13.7 Å². The summed E-state index contributed by atoms with van der Waals surface area (Å²) < 4.78 is 4.94. The molecule has 100 valence electrons. The van der Waals surface area contributed by atoms with E-state index in [-0.39, 0.29) is 28.5 Å². The minimum Gasteiger partial charge on any atom is -0.396 e. The first-order valence-corrected chi connectivity index (χ1v) is 6.06. The molecule has 1 amide bonds. The van der Waals surface area contributed by atoms with Crippen molar-refractivity contribution in [3.63, 3.8) is 0 Å². The van der Waals surface area contributed by atoms with Crippen molar-refractivity contribution in [3.8, 4) is 0 Å². The lowest BCUT2D eigenvalue weighted by molar-refractivity contribution is 0.0874. The number of halogens is 2. The second-order valence-electron chi connectivity index (χ2n) is 3.60. The number of nitrogens with one attached hydrogen (secondary N) is 1. The number of hydrogen-bond acceptors (Lipinski definition) is 4. The van der Waals surface area contributed by atoms with E-state index >= 15 is 0 Å². The van der Waals surface area contributed by atoms with Gasteiger partial charge in [-0.1, -0.05) is 23.2 Å². The van der Waals surface area contributed by atoms with Crippen molar-refractivity contribution in [1.82, 2.24) is 10.3 Å². The summed E-state index contributed by atoms with van der Waals surface area (Å²) in [6, 6.07) is 2.70. The van der Waals surface area contributed by atoms with Gasteiger partial charge >= 0.3 is 0 Å². The fourth-order valence-corrected chi connectivity index (χ4v) is 1.72. The number of ether oxygens (including phenoxy) is 1. The van der Waals surface area contributed by atoms with E-state index in [0.29, 0.717) is 13.0 Å². The topological polar surface area (TPSA) is 71.5 Å². The van der Waals surface area contributed by atoms with Gasteiger partial charge in [0.05, 0.1) is 17.7 Å². The smallest absolute Gasteiger partial charge is 0.271 e. The van der Waals surface area contributed by atoms with Crippen molar-refractivity contribution in [3.05, 3.63) is 28.0 Å². The Morgan fingerprint density at radius 3 is 2.89 bits per heavy atom. The Morgan fingerprint density at radius 1 is 1.56 bits per heavy atom. The quantitative estimate of drug-likeness (QED) is 0.780. The third kappa shape index (κ3) is 4.42. The van der Waals surface area contributed by atoms with Gasteiger partial charge in [-0.25, -0.2) is 4.98 Å². The average molecular weight is 293 g/mol. The van der Waals surface area contributed by atoms with E-state index in [2.05, 4.69) is 10.3 Å². The van der Waals surface area contributed by atoms with E-state index in [1.54, 1.807) is 0 Å². The summed E-state index contributed by atoms with van der Waals surface area (Å²) in [5.74, 6) is -0.446. The third-order valence-corrected chi connectivity index (χ3v) is 2.72. The van der Waals surface area contributed by atoms with Crippen molar-refractivity contribution in [1.29, 1.82) is 0 Å². The number of aromatic nitrogens is 1. The van der Waals surface area contributed by atoms with Gasteiger partial charge in [-0.15, -0.1) is 0 Å². The zero-order valence-electron chi connectivity index (χ0n) is 9.82. The molecular formula is C11H14Cl2N2O3. The Hall–Kier alpha value is -0.880. The SMILES string of the molecule is COCC(CCO)NC(=O)c1nc(Cl)ccc1Cl. The van der Waals surface area contributed by atoms with E-state index in [4.69, 9.17) is 33.0 Å². The minimum atomic E-state index is -0.446. The second-order valence-corrected chi connectivity index (χ2v) is 4.40. The van der Waals surface area contributed by atoms with Crippen LogP contribution in [0.2, 0.25) is 10.2 Å². The molecule has 1 rings (SSSR count). The van der Waals surface area contributed by atoms with Crippen LogP contribution >= 0.6 is 23.2 Å². The van der Waals surface area contributed by atoms with Gasteiger partial charge in [0.2, 0.25) is 0 Å². The molecule has 0 fully saturated rings. The molecule has 1 aromatic rings. The monoisotopic (exact) mass is 292 g/mol. The number of rotatable bonds is 6. The molecule has 0 spiro atoms. The maximum atomic E-state index is 11.9. The van der Waals surface area contributed by atoms with E-state index in [1.807, 2.05) is 0 Å². The van der Waals surface area contributed by atoms with Gasteiger partial charge in [-0.05, 0) is 18.6 Å². The summed E-state index contributed by atoms with van der Waals surface area (Å²) in [5.41, 5.74) is 0.0585. The van der Waals surface area contributed by atoms with Crippen molar-refractivity contribution >= 4 is 29.1 Å². The molecule has 1 aromatic heterocycles. The summed E-state index contributed by atoms with van der Waals surface area (Å²) in [4.78, 5) is 15.8. The van der Waals surface area contributed by atoms with E-state index in [9.17, 15) is 4.79 Å². The molecule has 18 heavy (non-hydrogen) atoms. The minimum absolute atomic E-state index is 0.0506. The largest absolute Gasteiger partial charge is 0.396 e. The number of aliphatic hydroxyl groups is 1. The van der Waals surface area contributed by atoms with Crippen LogP contribution < -0.4 is 5.32 Å². The predicted molar refractivity (Wildman–Crippen MR) is 69.1 cm³/mol. The van der Waals surface area contributed by atoms with Crippen molar-refractivity contribution in [2.75, 3.05) is 20.3 Å². The molecule has 0 saturated heterocycles. The molecule has 0 aliphatic carbocycles. The highest BCUT2D eigenvalue weighted by atomic mass is 35.5. The van der Waals surface area contributed by atoms with Crippen LogP contribution in [0.3, 0.4) is 0 Å². The second kappa shape index (κ2) is 7.53. The van der Waals surface area contributed by atoms with Crippen molar-refractivity contribution in [2.24, 2.45) is 0 Å². The Balaban J connectivity index is 2.76. The van der Waals surface area contributed by atoms with Gasteiger partial charge in [-0.3, -0.25) is 4.79 Å². The molecular weight excluding hydrogens is 279 g/mol. The number of aliphatic hydroxyl groups excluding tert-OH is 1. The van der Waals surface area contributed by atoms with Crippen LogP contribution in [0.15, 0.2) is 12.1 Å². The van der Waals surface area contributed by atoms with Crippen LogP contribution in [0.4, 0.5) is 0 Å². The lowest BCUT2D eigenvalue weighted by atomic mass is 10.2.